The zero-order chi connectivity index (χ0) is 14.1. The van der Waals surface area contributed by atoms with E-state index in [4.69, 9.17) is 4.52 Å². The van der Waals surface area contributed by atoms with Crippen molar-refractivity contribution in [3.63, 3.8) is 0 Å². The molecular weight excluding hydrogens is 256 g/mol. The molecule has 20 heavy (non-hydrogen) atoms. The van der Waals surface area contributed by atoms with E-state index in [1.54, 1.807) is 6.20 Å². The molecule has 6 nitrogen and oxygen atoms in total. The zero-order valence-corrected chi connectivity index (χ0v) is 11.7. The fraction of sp³-hybridized carbons (Fsp3) is 0.500. The quantitative estimate of drug-likeness (QED) is 0.933. The number of nitrogens with zero attached hydrogens (tertiary/aromatic N) is 3. The molecule has 3 rings (SSSR count). The van der Waals surface area contributed by atoms with Crippen molar-refractivity contribution in [3.05, 3.63) is 35.7 Å². The highest BCUT2D eigenvalue weighted by molar-refractivity contribution is 5.92. The summed E-state index contributed by atoms with van der Waals surface area (Å²) in [4.78, 5) is 21.0. The second kappa shape index (κ2) is 5.11. The van der Waals surface area contributed by atoms with Gasteiger partial charge in [0.25, 0.3) is 5.91 Å². The lowest BCUT2D eigenvalue weighted by Gasteiger charge is -2.22. The highest BCUT2D eigenvalue weighted by Crippen LogP contribution is 2.33. The second-order valence-electron chi connectivity index (χ2n) is 5.43. The number of carbonyl (C=O) groups excluding carboxylic acids is 1. The predicted octanol–water partition coefficient (Wildman–Crippen LogP) is 2.50. The van der Waals surface area contributed by atoms with Crippen molar-refractivity contribution in [1.82, 2.24) is 20.0 Å². The van der Waals surface area contributed by atoms with Gasteiger partial charge < -0.3 is 14.4 Å². The molecular formula is C14H18N4O2. The van der Waals surface area contributed by atoms with Gasteiger partial charge in [-0.25, -0.2) is 4.98 Å². The Hall–Kier alpha value is -2.11. The van der Waals surface area contributed by atoms with Crippen LogP contribution in [0.4, 0.5) is 0 Å². The lowest BCUT2D eigenvalue weighted by molar-refractivity contribution is 0.0725. The van der Waals surface area contributed by atoms with Crippen LogP contribution in [0.15, 0.2) is 23.1 Å². The smallest absolute Gasteiger partial charge is 0.272 e. The molecule has 1 atom stereocenters. The van der Waals surface area contributed by atoms with E-state index in [9.17, 15) is 4.79 Å². The number of aromatic amines is 1. The van der Waals surface area contributed by atoms with Gasteiger partial charge >= 0.3 is 0 Å². The van der Waals surface area contributed by atoms with Crippen LogP contribution < -0.4 is 0 Å². The molecule has 2 aromatic heterocycles. The van der Waals surface area contributed by atoms with Gasteiger partial charge in [-0.2, -0.15) is 0 Å². The van der Waals surface area contributed by atoms with Gasteiger partial charge in [-0.1, -0.05) is 19.0 Å². The third-order valence-corrected chi connectivity index (χ3v) is 3.70. The van der Waals surface area contributed by atoms with Gasteiger partial charge in [0.1, 0.15) is 17.1 Å². The number of hydrogen-bond acceptors (Lipinski definition) is 4. The molecule has 1 aliphatic heterocycles. The first-order valence-electron chi connectivity index (χ1n) is 6.92. The lowest BCUT2D eigenvalue weighted by Crippen LogP contribution is -2.30. The Balaban J connectivity index is 1.83. The lowest BCUT2D eigenvalue weighted by atomic mass is 10.1. The summed E-state index contributed by atoms with van der Waals surface area (Å²) in [7, 11) is 0. The molecule has 1 fully saturated rings. The summed E-state index contributed by atoms with van der Waals surface area (Å²) in [5, 5.41) is 4.14. The van der Waals surface area contributed by atoms with Crippen LogP contribution in [-0.4, -0.2) is 32.5 Å². The van der Waals surface area contributed by atoms with Crippen LogP contribution in [0.5, 0.6) is 0 Å². The van der Waals surface area contributed by atoms with E-state index in [-0.39, 0.29) is 11.9 Å². The van der Waals surface area contributed by atoms with Crippen LogP contribution >= 0.6 is 0 Å². The maximum absolute atomic E-state index is 12.4. The third kappa shape index (κ3) is 2.21. The molecule has 0 bridgehead atoms. The monoisotopic (exact) mass is 274 g/mol. The Morgan fingerprint density at radius 3 is 3.05 bits per heavy atom. The number of rotatable bonds is 3. The molecule has 3 heterocycles. The molecule has 0 saturated carbocycles. The third-order valence-electron chi connectivity index (χ3n) is 3.70. The summed E-state index contributed by atoms with van der Waals surface area (Å²) in [6.07, 6.45) is 4.98. The number of nitrogens with one attached hydrogen (secondary N) is 1. The van der Waals surface area contributed by atoms with Gasteiger partial charge in [-0.05, 0) is 12.8 Å². The Morgan fingerprint density at radius 1 is 1.55 bits per heavy atom. The van der Waals surface area contributed by atoms with Crippen molar-refractivity contribution in [1.29, 1.82) is 0 Å². The Morgan fingerprint density at radius 2 is 2.40 bits per heavy atom. The van der Waals surface area contributed by atoms with Crippen LogP contribution in [0.3, 0.4) is 0 Å². The fourth-order valence-corrected chi connectivity index (χ4v) is 2.58. The Kier molecular flexibility index (Phi) is 3.30. The number of aromatic nitrogens is 3. The van der Waals surface area contributed by atoms with Gasteiger partial charge in [-0.15, -0.1) is 0 Å². The zero-order valence-electron chi connectivity index (χ0n) is 11.7. The van der Waals surface area contributed by atoms with E-state index in [2.05, 4.69) is 29.0 Å². The first-order valence-corrected chi connectivity index (χ1v) is 6.92. The summed E-state index contributed by atoms with van der Waals surface area (Å²) in [6, 6.07) is 1.97. The van der Waals surface area contributed by atoms with Crippen molar-refractivity contribution >= 4 is 5.91 Å². The summed E-state index contributed by atoms with van der Waals surface area (Å²) >= 11 is 0. The van der Waals surface area contributed by atoms with Crippen molar-refractivity contribution in [2.45, 2.75) is 38.6 Å². The first kappa shape index (κ1) is 12.9. The molecule has 6 heteroatoms. The van der Waals surface area contributed by atoms with Gasteiger partial charge in [0.15, 0.2) is 0 Å². The number of amides is 1. The average Bonchev–Trinajstić information content (AvgIpc) is 3.17. The fourth-order valence-electron chi connectivity index (χ4n) is 2.58. The minimum Gasteiger partial charge on any atom is -0.361 e. The van der Waals surface area contributed by atoms with Crippen molar-refractivity contribution < 1.29 is 9.32 Å². The first-order chi connectivity index (χ1) is 9.66. The van der Waals surface area contributed by atoms with E-state index in [0.29, 0.717) is 11.6 Å². The van der Waals surface area contributed by atoms with Crippen LogP contribution in [0.25, 0.3) is 0 Å². The summed E-state index contributed by atoms with van der Waals surface area (Å²) in [6.45, 7) is 4.87. The number of hydrogen-bond donors (Lipinski definition) is 1. The largest absolute Gasteiger partial charge is 0.361 e. The molecule has 1 amide bonds. The van der Waals surface area contributed by atoms with Gasteiger partial charge in [0, 0.05) is 18.5 Å². The minimum atomic E-state index is -0.0286. The Bertz CT molecular complexity index is 588. The molecule has 2 aromatic rings. The van der Waals surface area contributed by atoms with Crippen LogP contribution in [-0.2, 0) is 0 Å². The molecule has 0 spiro atoms. The summed E-state index contributed by atoms with van der Waals surface area (Å²) in [5.41, 5.74) is 1.36. The molecule has 0 aromatic carbocycles. The van der Waals surface area contributed by atoms with Crippen LogP contribution in [0.1, 0.15) is 60.6 Å². The van der Waals surface area contributed by atoms with E-state index in [1.807, 2.05) is 11.0 Å². The molecule has 0 radical (unpaired) electrons. The van der Waals surface area contributed by atoms with Gasteiger partial charge in [-0.3, -0.25) is 4.79 Å². The van der Waals surface area contributed by atoms with E-state index < -0.39 is 0 Å². The molecule has 1 unspecified atom stereocenters. The SMILES string of the molecule is CC(C)c1cc(C2CCCN2C(=O)c2cnc[nH]2)no1. The highest BCUT2D eigenvalue weighted by atomic mass is 16.5. The maximum atomic E-state index is 12.4. The average molecular weight is 274 g/mol. The highest BCUT2D eigenvalue weighted by Gasteiger charge is 2.33. The second-order valence-corrected chi connectivity index (χ2v) is 5.43. The van der Waals surface area contributed by atoms with Crippen molar-refractivity contribution in [2.24, 2.45) is 0 Å². The minimum absolute atomic E-state index is 0.00190. The maximum Gasteiger partial charge on any atom is 0.272 e. The van der Waals surface area contributed by atoms with Crippen LogP contribution in [0.2, 0.25) is 0 Å². The van der Waals surface area contributed by atoms with Crippen molar-refractivity contribution in [3.8, 4) is 0 Å². The predicted molar refractivity (Wildman–Crippen MR) is 72.2 cm³/mol. The number of carbonyl (C=O) groups is 1. The molecule has 0 aliphatic carbocycles. The van der Waals surface area contributed by atoms with E-state index in [1.165, 1.54) is 6.33 Å². The van der Waals surface area contributed by atoms with Crippen molar-refractivity contribution in [2.75, 3.05) is 6.54 Å². The topological polar surface area (TPSA) is 75.0 Å². The van der Waals surface area contributed by atoms with Crippen LogP contribution in [0, 0.1) is 0 Å². The van der Waals surface area contributed by atoms with Gasteiger partial charge in [0.05, 0.1) is 18.6 Å². The van der Waals surface area contributed by atoms with E-state index in [0.717, 1.165) is 30.8 Å². The molecule has 1 aliphatic rings. The number of H-pyrrole nitrogens is 1. The molecule has 106 valence electrons. The molecule has 1 saturated heterocycles. The summed E-state index contributed by atoms with van der Waals surface area (Å²) < 4.78 is 5.35. The number of imidazole rings is 1. The number of likely N-dealkylation sites (tertiary alicyclic amines) is 1. The summed E-state index contributed by atoms with van der Waals surface area (Å²) in [5.74, 6) is 1.13. The van der Waals surface area contributed by atoms with Gasteiger partial charge in [0.2, 0.25) is 0 Å². The molecule has 1 N–H and O–H groups in total. The normalized spacial score (nSPS) is 18.9. The van der Waals surface area contributed by atoms with E-state index >= 15 is 0 Å². The standard InChI is InChI=1S/C14H18N4O2/c1-9(2)13-6-10(17-20-13)12-4-3-5-18(12)14(19)11-7-15-8-16-11/h6-9,12H,3-5H2,1-2H3,(H,15,16). The Labute approximate surface area is 117 Å².